The fourth-order valence-corrected chi connectivity index (χ4v) is 2.80. The number of hydrogen-bond acceptors (Lipinski definition) is 4. The molecule has 0 saturated carbocycles. The number of hydrogen-bond donors (Lipinski definition) is 3. The number of benzene rings is 1. The van der Waals surface area contributed by atoms with Crippen LogP contribution in [-0.4, -0.2) is 69.2 Å². The quantitative estimate of drug-likeness (QED) is 0.647. The molecule has 142 valence electrons. The molecule has 1 aromatic rings. The molecule has 3 N–H and O–H groups in total. The fraction of sp³-hybridized carbons (Fsp3) is 0.500. The number of urea groups is 1. The molecule has 0 spiro atoms. The van der Waals surface area contributed by atoms with Gasteiger partial charge < -0.3 is 19.9 Å². The van der Waals surface area contributed by atoms with Crippen molar-refractivity contribution in [3.63, 3.8) is 0 Å². The highest BCUT2D eigenvalue weighted by atomic mass is 16.5. The molecule has 1 aliphatic rings. The summed E-state index contributed by atoms with van der Waals surface area (Å²) in [5.74, 6) is -0.446. The van der Waals surface area contributed by atoms with Crippen LogP contribution in [0.3, 0.4) is 0 Å². The molecule has 8 nitrogen and oxygen atoms in total. The lowest BCUT2D eigenvalue weighted by atomic mass is 10.1. The van der Waals surface area contributed by atoms with Gasteiger partial charge in [0.15, 0.2) is 13.1 Å². The Morgan fingerprint density at radius 3 is 2.50 bits per heavy atom. The smallest absolute Gasteiger partial charge is 0.326 e. The number of carbonyl (C=O) groups excluding carboxylic acids is 3. The first kappa shape index (κ1) is 19.9. The molecule has 0 aromatic heterocycles. The van der Waals surface area contributed by atoms with Crippen molar-refractivity contribution in [3.8, 4) is 0 Å². The van der Waals surface area contributed by atoms with Gasteiger partial charge in [0.05, 0.1) is 20.3 Å². The highest BCUT2D eigenvalue weighted by molar-refractivity contribution is 6.01. The molecule has 4 amide bonds. The van der Waals surface area contributed by atoms with Crippen molar-refractivity contribution in [2.24, 2.45) is 0 Å². The minimum atomic E-state index is -0.575. The summed E-state index contributed by atoms with van der Waals surface area (Å²) in [5, 5.41) is 4.96. The van der Waals surface area contributed by atoms with E-state index in [1.807, 2.05) is 26.0 Å². The Morgan fingerprint density at radius 1 is 1.15 bits per heavy atom. The molecule has 26 heavy (non-hydrogen) atoms. The summed E-state index contributed by atoms with van der Waals surface area (Å²) >= 11 is 0. The average Bonchev–Trinajstić information content (AvgIpc) is 2.57. The molecule has 1 unspecified atom stereocenters. The zero-order chi connectivity index (χ0) is 19.1. The third kappa shape index (κ3) is 6.12. The molecule has 2 rings (SSSR count). The Morgan fingerprint density at radius 2 is 1.85 bits per heavy atom. The van der Waals surface area contributed by atoms with Gasteiger partial charge in [-0.15, -0.1) is 0 Å². The highest BCUT2D eigenvalue weighted by Crippen LogP contribution is 2.15. The molecule has 0 bridgehead atoms. The number of morpholine rings is 1. The van der Waals surface area contributed by atoms with Gasteiger partial charge in [-0.3, -0.25) is 14.9 Å². The van der Waals surface area contributed by atoms with Gasteiger partial charge >= 0.3 is 6.03 Å². The summed E-state index contributed by atoms with van der Waals surface area (Å²) in [6.45, 7) is 6.35. The number of ether oxygens (including phenoxy) is 1. The van der Waals surface area contributed by atoms with Crippen molar-refractivity contribution in [2.75, 3.05) is 51.8 Å². The Labute approximate surface area is 153 Å². The van der Waals surface area contributed by atoms with Crippen molar-refractivity contribution in [1.29, 1.82) is 0 Å². The molecule has 1 heterocycles. The lowest BCUT2D eigenvalue weighted by Crippen LogP contribution is -3.11. The predicted molar refractivity (Wildman–Crippen MR) is 97.1 cm³/mol. The van der Waals surface area contributed by atoms with Crippen LogP contribution >= 0.6 is 0 Å². The first-order valence-corrected chi connectivity index (χ1v) is 8.70. The average molecular weight is 363 g/mol. The van der Waals surface area contributed by atoms with Crippen LogP contribution in [0, 0.1) is 13.8 Å². The summed E-state index contributed by atoms with van der Waals surface area (Å²) in [7, 11) is 1.75. The molecule has 1 aromatic carbocycles. The molecular weight excluding hydrogens is 336 g/mol. The number of aryl methyl sites for hydroxylation is 2. The third-order valence-corrected chi connectivity index (χ3v) is 4.16. The summed E-state index contributed by atoms with van der Waals surface area (Å²) < 4.78 is 5.22. The minimum Gasteiger partial charge on any atom is -0.378 e. The van der Waals surface area contributed by atoms with Crippen molar-refractivity contribution < 1.29 is 24.0 Å². The number of nitrogens with one attached hydrogen (secondary N) is 3. The van der Waals surface area contributed by atoms with Crippen LogP contribution in [0.5, 0.6) is 0 Å². The first-order chi connectivity index (χ1) is 12.3. The van der Waals surface area contributed by atoms with Gasteiger partial charge in [-0.05, 0) is 25.5 Å². The molecular formula is C18H27N4O4+. The van der Waals surface area contributed by atoms with Crippen LogP contribution in [0.2, 0.25) is 0 Å². The SMILES string of the molecule is Cc1ccc(NC(=O)NC(=O)C[NH+](C)CC(=O)N2CCOCC2)c(C)c1. The monoisotopic (exact) mass is 363 g/mol. The maximum absolute atomic E-state index is 12.2. The van der Waals surface area contributed by atoms with Crippen LogP contribution in [0.25, 0.3) is 0 Å². The van der Waals surface area contributed by atoms with Crippen LogP contribution in [0.1, 0.15) is 11.1 Å². The maximum Gasteiger partial charge on any atom is 0.326 e. The number of amides is 4. The number of quaternary nitrogens is 1. The summed E-state index contributed by atoms with van der Waals surface area (Å²) in [4.78, 5) is 38.6. The number of carbonyl (C=O) groups is 3. The first-order valence-electron chi connectivity index (χ1n) is 8.70. The van der Waals surface area contributed by atoms with Gasteiger partial charge in [0.25, 0.3) is 11.8 Å². The van der Waals surface area contributed by atoms with E-state index in [4.69, 9.17) is 4.74 Å². The van der Waals surface area contributed by atoms with Crippen LogP contribution in [-0.2, 0) is 14.3 Å². The van der Waals surface area contributed by atoms with Crippen LogP contribution in [0.4, 0.5) is 10.5 Å². The van der Waals surface area contributed by atoms with E-state index in [1.54, 1.807) is 18.0 Å². The maximum atomic E-state index is 12.2. The number of likely N-dealkylation sites (N-methyl/N-ethyl adjacent to an activating group) is 1. The number of anilines is 1. The van der Waals surface area contributed by atoms with Gasteiger partial charge in [-0.1, -0.05) is 17.7 Å². The summed E-state index contributed by atoms with van der Waals surface area (Å²) in [6.07, 6.45) is 0. The molecule has 1 fully saturated rings. The fourth-order valence-electron chi connectivity index (χ4n) is 2.80. The van der Waals surface area contributed by atoms with E-state index in [2.05, 4.69) is 10.6 Å². The van der Waals surface area contributed by atoms with Crippen molar-refractivity contribution in [1.82, 2.24) is 10.2 Å². The number of nitrogens with zero attached hydrogens (tertiary/aromatic N) is 1. The number of rotatable bonds is 5. The summed E-state index contributed by atoms with van der Waals surface area (Å²) in [6, 6.07) is 5.06. The second-order valence-electron chi connectivity index (χ2n) is 6.62. The highest BCUT2D eigenvalue weighted by Gasteiger charge is 2.22. The zero-order valence-electron chi connectivity index (χ0n) is 15.6. The molecule has 0 aliphatic carbocycles. The normalized spacial score (nSPS) is 15.3. The van der Waals surface area contributed by atoms with Gasteiger partial charge in [0, 0.05) is 18.8 Å². The van der Waals surface area contributed by atoms with E-state index < -0.39 is 11.9 Å². The molecule has 1 saturated heterocycles. The standard InChI is InChI=1S/C18H26N4O4/c1-13-4-5-15(14(2)10-13)19-18(25)20-16(23)11-21(3)12-17(24)22-6-8-26-9-7-22/h4-5,10H,6-9,11-12H2,1-3H3,(H2,19,20,23,25)/p+1. The van der Waals surface area contributed by atoms with Crippen molar-refractivity contribution in [3.05, 3.63) is 29.3 Å². The zero-order valence-corrected chi connectivity index (χ0v) is 15.6. The Balaban J connectivity index is 1.76. The van der Waals surface area contributed by atoms with Gasteiger partial charge in [-0.2, -0.15) is 0 Å². The Bertz CT molecular complexity index is 671. The third-order valence-electron chi connectivity index (χ3n) is 4.16. The van der Waals surface area contributed by atoms with E-state index in [-0.39, 0.29) is 19.0 Å². The van der Waals surface area contributed by atoms with E-state index in [9.17, 15) is 14.4 Å². The second-order valence-corrected chi connectivity index (χ2v) is 6.62. The minimum absolute atomic E-state index is 0.0154. The lowest BCUT2D eigenvalue weighted by Gasteiger charge is -2.27. The van der Waals surface area contributed by atoms with Gasteiger partial charge in [-0.25, -0.2) is 4.79 Å². The van der Waals surface area contributed by atoms with E-state index in [0.717, 1.165) is 16.0 Å². The van der Waals surface area contributed by atoms with Crippen molar-refractivity contribution in [2.45, 2.75) is 13.8 Å². The molecule has 8 heteroatoms. The molecule has 1 atom stereocenters. The molecule has 0 radical (unpaired) electrons. The summed E-state index contributed by atoms with van der Waals surface area (Å²) in [5.41, 5.74) is 2.68. The lowest BCUT2D eigenvalue weighted by molar-refractivity contribution is -0.862. The Kier molecular flexibility index (Phi) is 7.11. The van der Waals surface area contributed by atoms with Crippen LogP contribution < -0.4 is 15.5 Å². The largest absolute Gasteiger partial charge is 0.378 e. The Hall–Kier alpha value is -2.45. The van der Waals surface area contributed by atoms with E-state index in [0.29, 0.717) is 32.0 Å². The van der Waals surface area contributed by atoms with Crippen LogP contribution in [0.15, 0.2) is 18.2 Å². The topological polar surface area (TPSA) is 92.2 Å². The molecule has 1 aliphatic heterocycles. The van der Waals surface area contributed by atoms with E-state index >= 15 is 0 Å². The number of imide groups is 1. The van der Waals surface area contributed by atoms with Gasteiger partial charge in [0.2, 0.25) is 0 Å². The van der Waals surface area contributed by atoms with E-state index in [1.165, 1.54) is 0 Å². The van der Waals surface area contributed by atoms with Gasteiger partial charge in [0.1, 0.15) is 0 Å². The predicted octanol–water partition coefficient (Wildman–Crippen LogP) is -0.675. The second kappa shape index (κ2) is 9.30. The van der Waals surface area contributed by atoms with Crippen molar-refractivity contribution >= 4 is 23.5 Å².